The van der Waals surface area contributed by atoms with Crippen molar-refractivity contribution in [2.75, 3.05) is 17.3 Å². The molecule has 2 aliphatic rings. The molecule has 9 heteroatoms. The molecule has 1 saturated heterocycles. The summed E-state index contributed by atoms with van der Waals surface area (Å²) in [4.78, 5) is 17.3. The van der Waals surface area contributed by atoms with Gasteiger partial charge in [0.05, 0.1) is 17.3 Å². The number of nitrogens with zero attached hydrogens (tertiary/aromatic N) is 3. The number of thioether (sulfide) groups is 1. The van der Waals surface area contributed by atoms with Crippen molar-refractivity contribution in [1.82, 2.24) is 19.7 Å². The lowest BCUT2D eigenvalue weighted by molar-refractivity contribution is 0.102. The number of carbonyl (C=O) groups is 1. The van der Waals surface area contributed by atoms with Gasteiger partial charge in [-0.2, -0.15) is 0 Å². The van der Waals surface area contributed by atoms with Gasteiger partial charge < -0.3 is 4.57 Å². The third-order valence-electron chi connectivity index (χ3n) is 6.16. The number of hydrogen-bond acceptors (Lipinski definition) is 6. The van der Waals surface area contributed by atoms with E-state index in [9.17, 15) is 13.2 Å². The minimum absolute atomic E-state index is 0.0253. The number of rotatable bonds is 7. The van der Waals surface area contributed by atoms with Crippen LogP contribution >= 0.6 is 11.8 Å². The fourth-order valence-corrected chi connectivity index (χ4v) is 7.13. The molecule has 7 nitrogen and oxygen atoms in total. The smallest absolute Gasteiger partial charge is 0.208 e. The Bertz CT molecular complexity index is 1000. The zero-order valence-corrected chi connectivity index (χ0v) is 18.6. The first-order valence-corrected chi connectivity index (χ1v) is 13.1. The second-order valence-corrected chi connectivity index (χ2v) is 11.5. The summed E-state index contributed by atoms with van der Waals surface area (Å²) in [7, 11) is -2.97. The Morgan fingerprint density at radius 2 is 2.03 bits per heavy atom. The maximum atomic E-state index is 12.8. The van der Waals surface area contributed by atoms with E-state index in [1.54, 1.807) is 0 Å². The number of nitrogens with one attached hydrogen (secondary N) is 1. The highest BCUT2D eigenvalue weighted by atomic mass is 32.2. The van der Waals surface area contributed by atoms with Crippen LogP contribution < -0.4 is 0 Å². The predicted molar refractivity (Wildman–Crippen MR) is 113 cm³/mol. The predicted octanol–water partition coefficient (Wildman–Crippen LogP) is 3.29. The zero-order valence-electron chi connectivity index (χ0n) is 17.0. The number of hydrogen-bond donors (Lipinski definition) is 1. The van der Waals surface area contributed by atoms with Crippen molar-refractivity contribution in [3.8, 4) is 0 Å². The SMILES string of the molecule is Cc1cc(C(=O)CSc2n[nH]c(CC3CCCC3)n2)c(C)n1C1CCS(=O)(=O)C1. The van der Waals surface area contributed by atoms with Crippen LogP contribution in [0.1, 0.15) is 65.7 Å². The normalized spacial score (nSPS) is 21.8. The molecule has 0 bridgehead atoms. The van der Waals surface area contributed by atoms with Gasteiger partial charge in [0, 0.05) is 29.4 Å². The summed E-state index contributed by atoms with van der Waals surface area (Å²) in [6.45, 7) is 3.84. The molecule has 0 aromatic carbocycles. The van der Waals surface area contributed by atoms with E-state index in [0.29, 0.717) is 23.1 Å². The van der Waals surface area contributed by atoms with Crippen molar-refractivity contribution in [1.29, 1.82) is 0 Å². The lowest BCUT2D eigenvalue weighted by Gasteiger charge is -2.16. The first-order valence-electron chi connectivity index (χ1n) is 10.3. The van der Waals surface area contributed by atoms with Crippen LogP contribution in [0.4, 0.5) is 0 Å². The Morgan fingerprint density at radius 1 is 1.28 bits per heavy atom. The quantitative estimate of drug-likeness (QED) is 0.528. The number of Topliss-reactive ketones (excluding diaryl/α,β-unsaturated/α-hetero) is 1. The molecule has 1 aliphatic carbocycles. The fourth-order valence-electron chi connectivity index (χ4n) is 4.73. The minimum atomic E-state index is -2.97. The van der Waals surface area contributed by atoms with Gasteiger partial charge in [0.2, 0.25) is 5.16 Å². The third kappa shape index (κ3) is 4.60. The molecule has 1 N–H and O–H groups in total. The van der Waals surface area contributed by atoms with Crippen molar-refractivity contribution < 1.29 is 13.2 Å². The Morgan fingerprint density at radius 3 is 2.72 bits per heavy atom. The average Bonchev–Trinajstić information content (AvgIpc) is 3.43. The Balaban J connectivity index is 1.39. The van der Waals surface area contributed by atoms with E-state index in [1.165, 1.54) is 37.4 Å². The van der Waals surface area contributed by atoms with Crippen molar-refractivity contribution in [2.24, 2.45) is 5.92 Å². The van der Waals surface area contributed by atoms with E-state index in [2.05, 4.69) is 15.2 Å². The largest absolute Gasteiger partial charge is 0.344 e. The highest BCUT2D eigenvalue weighted by Gasteiger charge is 2.31. The van der Waals surface area contributed by atoms with Crippen molar-refractivity contribution >= 4 is 27.4 Å². The number of aromatic nitrogens is 4. The topological polar surface area (TPSA) is 97.7 Å². The zero-order chi connectivity index (χ0) is 20.6. The van der Waals surface area contributed by atoms with Crippen LogP contribution in [0.25, 0.3) is 0 Å². The second kappa shape index (κ2) is 8.26. The molecule has 0 spiro atoms. The van der Waals surface area contributed by atoms with Crippen LogP contribution in [0, 0.1) is 19.8 Å². The van der Waals surface area contributed by atoms with Crippen LogP contribution in [0.3, 0.4) is 0 Å². The standard InChI is InChI=1S/C20H28N4O3S2/c1-13-9-17(14(2)24(13)16-7-8-29(26,27)12-16)18(25)11-28-20-21-19(22-23-20)10-15-5-3-4-6-15/h9,15-16H,3-8,10-12H2,1-2H3,(H,21,22,23). The molecule has 2 fully saturated rings. The lowest BCUT2D eigenvalue weighted by Crippen LogP contribution is -2.14. The van der Waals surface area contributed by atoms with Crippen molar-refractivity contribution in [3.63, 3.8) is 0 Å². The highest BCUT2D eigenvalue weighted by Crippen LogP contribution is 2.30. The molecule has 2 aromatic heterocycles. The summed E-state index contributed by atoms with van der Waals surface area (Å²) < 4.78 is 25.7. The van der Waals surface area contributed by atoms with E-state index in [0.717, 1.165) is 23.6 Å². The van der Waals surface area contributed by atoms with Crippen molar-refractivity contribution in [2.45, 2.75) is 63.6 Å². The Hall–Kier alpha value is -1.61. The van der Waals surface area contributed by atoms with Gasteiger partial charge >= 0.3 is 0 Å². The minimum Gasteiger partial charge on any atom is -0.344 e. The van der Waals surface area contributed by atoms with E-state index in [4.69, 9.17) is 0 Å². The number of sulfone groups is 1. The number of ketones is 1. The van der Waals surface area contributed by atoms with Gasteiger partial charge in [-0.05, 0) is 32.3 Å². The molecular formula is C20H28N4O3S2. The number of aromatic amines is 1. The number of aryl methyl sites for hydroxylation is 1. The highest BCUT2D eigenvalue weighted by molar-refractivity contribution is 7.99. The van der Waals surface area contributed by atoms with Crippen LogP contribution in [0.15, 0.2) is 11.2 Å². The molecular weight excluding hydrogens is 408 g/mol. The summed E-state index contributed by atoms with van der Waals surface area (Å²) >= 11 is 1.35. The molecule has 0 radical (unpaired) electrons. The van der Waals surface area contributed by atoms with Crippen LogP contribution in [-0.4, -0.2) is 51.2 Å². The second-order valence-electron chi connectivity index (χ2n) is 8.34. The first kappa shape index (κ1) is 20.7. The van der Waals surface area contributed by atoms with E-state index in [-0.39, 0.29) is 29.1 Å². The third-order valence-corrected chi connectivity index (χ3v) is 8.76. The van der Waals surface area contributed by atoms with E-state index >= 15 is 0 Å². The molecule has 0 amide bonds. The van der Waals surface area contributed by atoms with Gasteiger partial charge in [0.1, 0.15) is 5.82 Å². The molecule has 158 valence electrons. The van der Waals surface area contributed by atoms with Crippen LogP contribution in [0.5, 0.6) is 0 Å². The van der Waals surface area contributed by atoms with Gasteiger partial charge in [0.15, 0.2) is 15.6 Å². The molecule has 29 heavy (non-hydrogen) atoms. The molecule has 1 aliphatic heterocycles. The first-order chi connectivity index (χ1) is 13.8. The summed E-state index contributed by atoms with van der Waals surface area (Å²) in [5.41, 5.74) is 2.46. The average molecular weight is 437 g/mol. The van der Waals surface area contributed by atoms with Gasteiger partial charge in [-0.3, -0.25) is 9.89 Å². The van der Waals surface area contributed by atoms with Crippen LogP contribution in [-0.2, 0) is 16.3 Å². The summed E-state index contributed by atoms with van der Waals surface area (Å²) in [6.07, 6.45) is 6.69. The fraction of sp³-hybridized carbons (Fsp3) is 0.650. The van der Waals surface area contributed by atoms with E-state index in [1.807, 2.05) is 24.5 Å². The molecule has 1 atom stereocenters. The molecule has 1 unspecified atom stereocenters. The van der Waals surface area contributed by atoms with Gasteiger partial charge in [-0.25, -0.2) is 13.4 Å². The maximum Gasteiger partial charge on any atom is 0.208 e. The molecule has 2 aromatic rings. The number of carbonyl (C=O) groups excluding carboxylic acids is 1. The molecule has 3 heterocycles. The van der Waals surface area contributed by atoms with Crippen LogP contribution in [0.2, 0.25) is 0 Å². The monoisotopic (exact) mass is 436 g/mol. The lowest BCUT2D eigenvalue weighted by atomic mass is 10.0. The summed E-state index contributed by atoms with van der Waals surface area (Å²) in [6, 6.07) is 1.81. The Labute approximate surface area is 176 Å². The van der Waals surface area contributed by atoms with Crippen molar-refractivity contribution in [3.05, 3.63) is 28.8 Å². The molecule has 1 saturated carbocycles. The van der Waals surface area contributed by atoms with Gasteiger partial charge in [0.25, 0.3) is 0 Å². The van der Waals surface area contributed by atoms with E-state index < -0.39 is 9.84 Å². The van der Waals surface area contributed by atoms with Gasteiger partial charge in [-0.15, -0.1) is 5.10 Å². The number of H-pyrrole nitrogens is 1. The van der Waals surface area contributed by atoms with Gasteiger partial charge in [-0.1, -0.05) is 37.4 Å². The maximum absolute atomic E-state index is 12.8. The summed E-state index contributed by atoms with van der Waals surface area (Å²) in [5, 5.41) is 7.88. The summed E-state index contributed by atoms with van der Waals surface area (Å²) in [5.74, 6) is 2.29. The Kier molecular flexibility index (Phi) is 5.88. The molecule has 4 rings (SSSR count).